The number of nitrogens with one attached hydrogen (secondary N) is 2. The summed E-state index contributed by atoms with van der Waals surface area (Å²) in [6, 6.07) is 7.43. The first-order valence-electron chi connectivity index (χ1n) is 10.8. The normalized spacial score (nSPS) is 10.8. The van der Waals surface area contributed by atoms with Crippen LogP contribution >= 0.6 is 11.3 Å². The Balaban J connectivity index is 1.46. The zero-order valence-corrected chi connectivity index (χ0v) is 20.2. The molecule has 0 saturated heterocycles. The van der Waals surface area contributed by atoms with Gasteiger partial charge in [0, 0.05) is 34.8 Å². The number of hydrogen-bond acceptors (Lipinski definition) is 8. The molecule has 0 aliphatic carbocycles. The van der Waals surface area contributed by atoms with Crippen molar-refractivity contribution < 1.29 is 18.3 Å². The maximum atomic E-state index is 13.4. The first-order valence-corrected chi connectivity index (χ1v) is 11.6. The Morgan fingerprint density at radius 3 is 2.73 bits per heavy atom. The van der Waals surface area contributed by atoms with Crippen molar-refractivity contribution in [1.82, 2.24) is 30.1 Å². The van der Waals surface area contributed by atoms with Crippen LogP contribution in [0.15, 0.2) is 48.9 Å². The van der Waals surface area contributed by atoms with Gasteiger partial charge in [0.1, 0.15) is 17.1 Å². The summed E-state index contributed by atoms with van der Waals surface area (Å²) in [5, 5.41) is 9.58. The summed E-state index contributed by atoms with van der Waals surface area (Å²) in [5.41, 5.74) is 2.75. The van der Waals surface area contributed by atoms with Crippen LogP contribution in [0.25, 0.3) is 21.6 Å². The van der Waals surface area contributed by atoms with Crippen LogP contribution in [0.1, 0.15) is 39.4 Å². The van der Waals surface area contributed by atoms with Gasteiger partial charge in [0.05, 0.1) is 18.9 Å². The number of ether oxygens (including phenoxy) is 1. The highest BCUT2D eigenvalue weighted by molar-refractivity contribution is 7.21. The van der Waals surface area contributed by atoms with Gasteiger partial charge in [-0.2, -0.15) is 10.1 Å². The summed E-state index contributed by atoms with van der Waals surface area (Å²) in [7, 11) is 1.43. The van der Waals surface area contributed by atoms with Crippen molar-refractivity contribution in [3.05, 3.63) is 77.1 Å². The second-order valence-corrected chi connectivity index (χ2v) is 8.69. The van der Waals surface area contributed by atoms with Gasteiger partial charge < -0.3 is 4.74 Å². The summed E-state index contributed by atoms with van der Waals surface area (Å²) in [6.45, 7) is 1.74. The molecule has 2 N–H and O–H groups in total. The van der Waals surface area contributed by atoms with Gasteiger partial charge >= 0.3 is 0 Å². The van der Waals surface area contributed by atoms with Gasteiger partial charge in [0.15, 0.2) is 15.6 Å². The first-order chi connectivity index (χ1) is 17.9. The van der Waals surface area contributed by atoms with Crippen molar-refractivity contribution in [2.75, 3.05) is 12.4 Å². The molecule has 0 fully saturated rings. The Morgan fingerprint density at radius 1 is 1.11 bits per heavy atom. The summed E-state index contributed by atoms with van der Waals surface area (Å²) >= 11 is 1.13. The first kappa shape index (κ1) is 24.0. The number of thiazole rings is 1. The second-order valence-electron chi connectivity index (χ2n) is 7.71. The lowest BCUT2D eigenvalue weighted by atomic mass is 9.97. The maximum absolute atomic E-state index is 13.4. The number of hydrogen-bond donors (Lipinski definition) is 2. The fourth-order valence-corrected chi connectivity index (χ4v) is 4.28. The number of rotatable bonds is 5. The summed E-state index contributed by atoms with van der Waals surface area (Å²) in [6.07, 6.45) is 1.79. The molecule has 0 aliphatic rings. The maximum Gasteiger partial charge on any atom is 0.263 e. The standard InChI is InChI=1S/C25H17F2N7O2S/c1-13-9-17(18-10-14(21(26)27)3-6-20(18)36-2)19(12-28-13)23(35)33-25-32-22-24(37-25)31-16(11-29-22)5-4-15-7-8-30-34-15/h3,6-12,21H,1-2H3,(H,30,34)(H,29,32,33,35). The van der Waals surface area contributed by atoms with Crippen LogP contribution < -0.4 is 10.1 Å². The molecular formula is C25H17F2N7O2S. The quantitative estimate of drug-likeness (QED) is 0.322. The van der Waals surface area contributed by atoms with Crippen molar-refractivity contribution in [3.63, 3.8) is 0 Å². The minimum Gasteiger partial charge on any atom is -0.496 e. The van der Waals surface area contributed by atoms with E-state index in [1.807, 2.05) is 0 Å². The fraction of sp³-hybridized carbons (Fsp3) is 0.120. The van der Waals surface area contributed by atoms with E-state index in [0.717, 1.165) is 11.3 Å². The number of anilines is 1. The lowest BCUT2D eigenvalue weighted by Crippen LogP contribution is -2.14. The number of methoxy groups -OCH3 is 1. The molecule has 1 aromatic carbocycles. The van der Waals surface area contributed by atoms with E-state index in [1.165, 1.54) is 37.7 Å². The van der Waals surface area contributed by atoms with E-state index in [0.29, 0.717) is 44.4 Å². The zero-order chi connectivity index (χ0) is 25.9. The fourth-order valence-electron chi connectivity index (χ4n) is 3.49. The largest absolute Gasteiger partial charge is 0.496 e. The number of halogens is 2. The highest BCUT2D eigenvalue weighted by Crippen LogP contribution is 2.36. The number of aromatic amines is 1. The number of aromatic nitrogens is 6. The Bertz CT molecular complexity index is 1670. The second kappa shape index (κ2) is 10.1. The molecular weight excluding hydrogens is 500 g/mol. The van der Waals surface area contributed by atoms with Crippen molar-refractivity contribution in [3.8, 4) is 28.7 Å². The number of fused-ring (bicyclic) bond motifs is 1. The van der Waals surface area contributed by atoms with Gasteiger partial charge in [0.2, 0.25) is 0 Å². The van der Waals surface area contributed by atoms with Crippen molar-refractivity contribution >= 4 is 32.9 Å². The van der Waals surface area contributed by atoms with Crippen molar-refractivity contribution in [2.24, 2.45) is 0 Å². The van der Waals surface area contributed by atoms with E-state index in [4.69, 9.17) is 4.74 Å². The summed E-state index contributed by atoms with van der Waals surface area (Å²) in [5.74, 6) is 5.61. The van der Waals surface area contributed by atoms with Crippen LogP contribution in [0.5, 0.6) is 5.75 Å². The molecule has 4 aromatic heterocycles. The predicted molar refractivity (Wildman–Crippen MR) is 134 cm³/mol. The monoisotopic (exact) mass is 517 g/mol. The highest BCUT2D eigenvalue weighted by Gasteiger charge is 2.20. The molecule has 9 nitrogen and oxygen atoms in total. The lowest BCUT2D eigenvalue weighted by Gasteiger charge is -2.14. The van der Waals surface area contributed by atoms with Crippen LogP contribution in [-0.2, 0) is 0 Å². The average Bonchev–Trinajstić information content (AvgIpc) is 3.56. The van der Waals surface area contributed by atoms with Gasteiger partial charge in [-0.05, 0) is 49.1 Å². The van der Waals surface area contributed by atoms with Crippen LogP contribution in [0.4, 0.5) is 13.9 Å². The molecule has 37 heavy (non-hydrogen) atoms. The molecule has 5 rings (SSSR count). The molecule has 1 amide bonds. The van der Waals surface area contributed by atoms with Crippen LogP contribution in [-0.4, -0.2) is 43.2 Å². The van der Waals surface area contributed by atoms with Gasteiger partial charge in [-0.15, -0.1) is 0 Å². The van der Waals surface area contributed by atoms with E-state index >= 15 is 0 Å². The molecule has 0 bridgehead atoms. The van der Waals surface area contributed by atoms with Gasteiger partial charge in [-0.3, -0.25) is 20.2 Å². The SMILES string of the molecule is COc1ccc(C(F)F)cc1-c1cc(C)ncc1C(=O)Nc1nc2ncc(C#Cc3ccn[nH]3)nc2s1. The topological polar surface area (TPSA) is 119 Å². The molecule has 0 unspecified atom stereocenters. The number of benzene rings is 1. The molecule has 0 spiro atoms. The molecule has 184 valence electrons. The van der Waals surface area contributed by atoms with Crippen LogP contribution in [0.2, 0.25) is 0 Å². The number of aryl methyl sites for hydroxylation is 1. The van der Waals surface area contributed by atoms with Crippen LogP contribution in [0.3, 0.4) is 0 Å². The summed E-state index contributed by atoms with van der Waals surface area (Å²) < 4.78 is 32.2. The lowest BCUT2D eigenvalue weighted by molar-refractivity contribution is 0.102. The third-order valence-electron chi connectivity index (χ3n) is 5.22. The van der Waals surface area contributed by atoms with E-state index in [9.17, 15) is 13.6 Å². The van der Waals surface area contributed by atoms with Gasteiger partial charge in [-0.25, -0.2) is 18.7 Å². The minimum absolute atomic E-state index is 0.168. The predicted octanol–water partition coefficient (Wildman–Crippen LogP) is 4.78. The number of carbonyl (C=O) groups is 1. The molecule has 5 aromatic rings. The molecule has 4 heterocycles. The third-order valence-corrected chi connectivity index (χ3v) is 6.07. The zero-order valence-electron chi connectivity index (χ0n) is 19.4. The smallest absolute Gasteiger partial charge is 0.263 e. The number of alkyl halides is 2. The average molecular weight is 518 g/mol. The number of pyridine rings is 1. The number of H-pyrrole nitrogens is 1. The Labute approximate surface area is 213 Å². The Morgan fingerprint density at radius 2 is 1.97 bits per heavy atom. The van der Waals surface area contributed by atoms with E-state index in [1.54, 1.807) is 25.3 Å². The third kappa shape index (κ3) is 5.12. The molecule has 0 radical (unpaired) electrons. The minimum atomic E-state index is -2.68. The highest BCUT2D eigenvalue weighted by atomic mass is 32.1. The molecule has 0 saturated carbocycles. The number of amides is 1. The molecule has 12 heteroatoms. The van der Waals surface area contributed by atoms with E-state index < -0.39 is 12.3 Å². The molecule has 0 atom stereocenters. The summed E-state index contributed by atoms with van der Waals surface area (Å²) in [4.78, 5) is 31.0. The van der Waals surface area contributed by atoms with Crippen molar-refractivity contribution in [1.29, 1.82) is 0 Å². The molecule has 0 aliphatic heterocycles. The van der Waals surface area contributed by atoms with Crippen molar-refractivity contribution in [2.45, 2.75) is 13.3 Å². The van der Waals surface area contributed by atoms with E-state index in [2.05, 4.69) is 47.3 Å². The van der Waals surface area contributed by atoms with E-state index in [-0.39, 0.29) is 16.3 Å². The van der Waals surface area contributed by atoms with Gasteiger partial charge in [0.25, 0.3) is 12.3 Å². The van der Waals surface area contributed by atoms with Gasteiger partial charge in [-0.1, -0.05) is 11.3 Å². The number of carbonyl (C=O) groups excluding carboxylic acids is 1. The number of nitrogens with zero attached hydrogens (tertiary/aromatic N) is 5. The van der Waals surface area contributed by atoms with Crippen LogP contribution in [0, 0.1) is 18.8 Å². The Hall–Kier alpha value is -4.76. The Kier molecular flexibility index (Phi) is 6.53.